The fraction of sp³-hybridized carbons (Fsp3) is 0.235. The molecule has 2 aliphatic rings. The second kappa shape index (κ2) is 5.09. The van der Waals surface area contributed by atoms with Crippen LogP contribution in [0.4, 0.5) is 0 Å². The van der Waals surface area contributed by atoms with Gasteiger partial charge in [-0.15, -0.1) is 0 Å². The maximum atomic E-state index is 12.2. The van der Waals surface area contributed by atoms with E-state index < -0.39 is 10.0 Å². The highest BCUT2D eigenvalue weighted by Crippen LogP contribution is 2.37. The third-order valence-electron chi connectivity index (χ3n) is 4.40. The Kier molecular flexibility index (Phi) is 3.16. The molecule has 0 fully saturated rings. The van der Waals surface area contributed by atoms with Gasteiger partial charge in [-0.1, -0.05) is 24.3 Å². The minimum absolute atomic E-state index is 0.144. The molecule has 0 saturated carbocycles. The van der Waals surface area contributed by atoms with E-state index in [2.05, 4.69) is 9.71 Å². The minimum Gasteiger partial charge on any atom is -0.508 e. The summed E-state index contributed by atoms with van der Waals surface area (Å²) in [6.45, 7) is 0. The molecular weight excluding hydrogens is 312 g/mol. The number of nitrogens with one attached hydrogen (secondary N) is 1. The topological polar surface area (TPSA) is 78.8 Å². The molecule has 1 aliphatic heterocycles. The molecule has 0 bridgehead atoms. The number of hydrogen-bond donors (Lipinski definition) is 2. The van der Waals surface area contributed by atoms with E-state index >= 15 is 0 Å². The van der Waals surface area contributed by atoms with E-state index in [1.165, 1.54) is 0 Å². The van der Waals surface area contributed by atoms with Gasteiger partial charge in [0.05, 0.1) is 10.9 Å². The van der Waals surface area contributed by atoms with Gasteiger partial charge in [0.25, 0.3) is 10.0 Å². The summed E-state index contributed by atoms with van der Waals surface area (Å²) >= 11 is 0. The number of rotatable bonds is 1. The summed E-state index contributed by atoms with van der Waals surface area (Å²) in [6.07, 6.45) is 2.58. The Hall–Kier alpha value is -2.34. The fourth-order valence-electron chi connectivity index (χ4n) is 3.32. The SMILES string of the molecule is O=S1(=O)NC(=NC2CCCc3c(O)cccc32)c2ccccc21. The van der Waals surface area contributed by atoms with E-state index in [0.29, 0.717) is 17.1 Å². The number of aliphatic imine (C=N–C) groups is 1. The maximum absolute atomic E-state index is 12.2. The smallest absolute Gasteiger partial charge is 0.263 e. The van der Waals surface area contributed by atoms with Crippen LogP contribution in [0.2, 0.25) is 0 Å². The second-order valence-electron chi connectivity index (χ2n) is 5.83. The number of hydrogen-bond acceptors (Lipinski definition) is 4. The Labute approximate surface area is 134 Å². The van der Waals surface area contributed by atoms with Crippen LogP contribution in [0.3, 0.4) is 0 Å². The minimum atomic E-state index is -3.52. The first kappa shape index (κ1) is 14.3. The first-order chi connectivity index (χ1) is 11.1. The van der Waals surface area contributed by atoms with Crippen LogP contribution >= 0.6 is 0 Å². The van der Waals surface area contributed by atoms with Gasteiger partial charge in [0.1, 0.15) is 11.6 Å². The average Bonchev–Trinajstić information content (AvgIpc) is 2.80. The van der Waals surface area contributed by atoms with Gasteiger partial charge < -0.3 is 5.11 Å². The zero-order valence-corrected chi connectivity index (χ0v) is 13.2. The number of benzene rings is 2. The molecule has 118 valence electrons. The number of amidine groups is 1. The summed E-state index contributed by atoms with van der Waals surface area (Å²) in [5.74, 6) is 0.682. The molecule has 1 heterocycles. The number of fused-ring (bicyclic) bond motifs is 2. The molecular formula is C17H16N2O3S. The van der Waals surface area contributed by atoms with Crippen molar-refractivity contribution in [3.05, 3.63) is 59.2 Å². The Morgan fingerprint density at radius 2 is 1.96 bits per heavy atom. The lowest BCUT2D eigenvalue weighted by atomic mass is 9.87. The Balaban J connectivity index is 1.81. The van der Waals surface area contributed by atoms with Crippen LogP contribution in [-0.2, 0) is 16.4 Å². The lowest BCUT2D eigenvalue weighted by Gasteiger charge is -2.23. The molecule has 5 nitrogen and oxygen atoms in total. The van der Waals surface area contributed by atoms with Crippen molar-refractivity contribution < 1.29 is 13.5 Å². The van der Waals surface area contributed by atoms with Gasteiger partial charge in [-0.3, -0.25) is 9.71 Å². The van der Waals surface area contributed by atoms with Crippen molar-refractivity contribution in [1.29, 1.82) is 0 Å². The summed E-state index contributed by atoms with van der Waals surface area (Å²) in [5, 5.41) is 10.0. The fourth-order valence-corrected chi connectivity index (χ4v) is 4.56. The number of phenolic OH excluding ortho intramolecular Hbond substituents is 1. The Bertz CT molecular complexity index is 919. The van der Waals surface area contributed by atoms with Gasteiger partial charge >= 0.3 is 0 Å². The molecule has 2 aromatic carbocycles. The average molecular weight is 328 g/mol. The monoisotopic (exact) mass is 328 g/mol. The van der Waals surface area contributed by atoms with Gasteiger partial charge in [-0.2, -0.15) is 0 Å². The van der Waals surface area contributed by atoms with E-state index in [0.717, 1.165) is 30.4 Å². The highest BCUT2D eigenvalue weighted by molar-refractivity contribution is 7.90. The lowest BCUT2D eigenvalue weighted by Crippen LogP contribution is -2.23. The van der Waals surface area contributed by atoms with E-state index in [9.17, 15) is 13.5 Å². The van der Waals surface area contributed by atoms with Crippen molar-refractivity contribution in [2.45, 2.75) is 30.2 Å². The number of sulfonamides is 1. The van der Waals surface area contributed by atoms with E-state index in [-0.39, 0.29) is 10.9 Å². The number of nitrogens with zero attached hydrogens (tertiary/aromatic N) is 1. The van der Waals surface area contributed by atoms with E-state index in [4.69, 9.17) is 0 Å². The van der Waals surface area contributed by atoms with Gasteiger partial charge in [0.2, 0.25) is 0 Å². The molecule has 0 spiro atoms. The molecule has 1 atom stereocenters. The van der Waals surface area contributed by atoms with Crippen LogP contribution in [0.5, 0.6) is 5.75 Å². The van der Waals surface area contributed by atoms with Crippen LogP contribution in [0.15, 0.2) is 52.4 Å². The van der Waals surface area contributed by atoms with Crippen LogP contribution in [0, 0.1) is 0 Å². The first-order valence-electron chi connectivity index (χ1n) is 7.57. The van der Waals surface area contributed by atoms with Crippen molar-refractivity contribution in [3.8, 4) is 5.75 Å². The maximum Gasteiger partial charge on any atom is 0.263 e. The van der Waals surface area contributed by atoms with Gasteiger partial charge in [0, 0.05) is 5.56 Å². The van der Waals surface area contributed by atoms with E-state index in [1.54, 1.807) is 36.4 Å². The first-order valence-corrected chi connectivity index (χ1v) is 9.05. The highest BCUT2D eigenvalue weighted by atomic mass is 32.2. The predicted octanol–water partition coefficient (Wildman–Crippen LogP) is 2.51. The second-order valence-corrected chi connectivity index (χ2v) is 7.48. The molecule has 23 heavy (non-hydrogen) atoms. The molecule has 1 aliphatic carbocycles. The largest absolute Gasteiger partial charge is 0.508 e. The predicted molar refractivity (Wildman–Crippen MR) is 87.1 cm³/mol. The molecule has 2 N–H and O–H groups in total. The molecule has 4 rings (SSSR count). The standard InChI is InChI=1S/C17H16N2O3S/c20-15-9-4-6-11-12(15)7-3-8-14(11)18-17-13-5-1-2-10-16(13)23(21,22)19-17/h1-2,4-6,9-10,14,20H,3,7-8H2,(H,18,19). The molecule has 0 amide bonds. The molecule has 0 radical (unpaired) electrons. The normalized spacial score (nSPS) is 23.1. The highest BCUT2D eigenvalue weighted by Gasteiger charge is 2.32. The third-order valence-corrected chi connectivity index (χ3v) is 5.80. The summed E-state index contributed by atoms with van der Waals surface area (Å²) in [5.41, 5.74) is 2.51. The van der Waals surface area contributed by atoms with E-state index in [1.807, 2.05) is 6.07 Å². The number of aromatic hydroxyl groups is 1. The summed E-state index contributed by atoms with van der Waals surface area (Å²) < 4.78 is 26.9. The third kappa shape index (κ3) is 2.30. The zero-order chi connectivity index (χ0) is 16.0. The van der Waals surface area contributed by atoms with Crippen LogP contribution in [0.25, 0.3) is 0 Å². The van der Waals surface area contributed by atoms with Gasteiger partial charge in [-0.05, 0) is 48.6 Å². The molecule has 0 aromatic heterocycles. The summed E-state index contributed by atoms with van der Waals surface area (Å²) in [6, 6.07) is 12.2. The molecule has 1 unspecified atom stereocenters. The van der Waals surface area contributed by atoms with Crippen molar-refractivity contribution >= 4 is 15.9 Å². The van der Waals surface area contributed by atoms with Crippen molar-refractivity contribution in [2.75, 3.05) is 0 Å². The Morgan fingerprint density at radius 3 is 2.83 bits per heavy atom. The summed E-state index contributed by atoms with van der Waals surface area (Å²) in [4.78, 5) is 4.94. The van der Waals surface area contributed by atoms with Crippen LogP contribution in [0.1, 0.15) is 35.6 Å². The van der Waals surface area contributed by atoms with Crippen LogP contribution < -0.4 is 4.72 Å². The summed E-state index contributed by atoms with van der Waals surface area (Å²) in [7, 11) is -3.52. The Morgan fingerprint density at radius 1 is 1.13 bits per heavy atom. The zero-order valence-electron chi connectivity index (χ0n) is 12.4. The van der Waals surface area contributed by atoms with Crippen molar-refractivity contribution in [3.63, 3.8) is 0 Å². The molecule has 6 heteroatoms. The number of phenols is 1. The van der Waals surface area contributed by atoms with Crippen molar-refractivity contribution in [1.82, 2.24) is 4.72 Å². The van der Waals surface area contributed by atoms with Crippen LogP contribution in [-0.4, -0.2) is 19.4 Å². The quantitative estimate of drug-likeness (QED) is 0.844. The molecule has 0 saturated heterocycles. The van der Waals surface area contributed by atoms with Gasteiger partial charge in [0.15, 0.2) is 0 Å². The van der Waals surface area contributed by atoms with Gasteiger partial charge in [-0.25, -0.2) is 8.42 Å². The molecule has 2 aromatic rings. The van der Waals surface area contributed by atoms with Crippen molar-refractivity contribution in [2.24, 2.45) is 4.99 Å². The lowest BCUT2D eigenvalue weighted by molar-refractivity contribution is 0.455.